The van der Waals surface area contributed by atoms with Gasteiger partial charge in [0.05, 0.1) is 0 Å². The number of rotatable bonds is 11. The Kier molecular flexibility index (Phi) is 8.25. The Hall–Kier alpha value is -2.24. The number of benzene rings is 1. The molecule has 2 N–H and O–H groups in total. The molecule has 2 amide bonds. The number of fused-ring (bicyclic) bond motifs is 1. The molecule has 0 spiro atoms. The van der Waals surface area contributed by atoms with E-state index in [9.17, 15) is 9.59 Å². The molecule has 0 saturated carbocycles. The van der Waals surface area contributed by atoms with Crippen molar-refractivity contribution in [1.29, 1.82) is 0 Å². The van der Waals surface area contributed by atoms with Crippen molar-refractivity contribution in [2.45, 2.75) is 71.4 Å². The number of hydrogen-bond donors (Lipinski definition) is 2. The van der Waals surface area contributed by atoms with E-state index in [1.54, 1.807) is 0 Å². The fourth-order valence-electron chi connectivity index (χ4n) is 2.86. The standard InChI is InChI=1S/C20H30N2O4/c1-3-4-5-6-7-15(2)22-20(24)11-10-19(23)21-13-16-8-9-17-18(12-16)26-14-25-17/h8-9,12,15H,3-7,10-11,13-14H2,1-2H3,(H,21,23)(H,22,24). The van der Waals surface area contributed by atoms with E-state index in [0.29, 0.717) is 12.3 Å². The third-order valence-corrected chi connectivity index (χ3v) is 4.40. The molecule has 26 heavy (non-hydrogen) atoms. The van der Waals surface area contributed by atoms with Crippen molar-refractivity contribution >= 4 is 11.8 Å². The van der Waals surface area contributed by atoms with Crippen molar-refractivity contribution in [2.75, 3.05) is 6.79 Å². The third-order valence-electron chi connectivity index (χ3n) is 4.40. The fraction of sp³-hybridized carbons (Fsp3) is 0.600. The SMILES string of the molecule is CCCCCCC(C)NC(=O)CCC(=O)NCc1ccc2c(c1)OCO2. The maximum atomic E-state index is 11.9. The van der Waals surface area contributed by atoms with Crippen molar-refractivity contribution < 1.29 is 19.1 Å². The summed E-state index contributed by atoms with van der Waals surface area (Å²) in [6, 6.07) is 5.74. The first kappa shape index (κ1) is 20.1. The number of carbonyl (C=O) groups excluding carboxylic acids is 2. The van der Waals surface area contributed by atoms with Crippen LogP contribution in [0.2, 0.25) is 0 Å². The molecule has 6 heteroatoms. The van der Waals surface area contributed by atoms with Crippen LogP contribution in [0, 0.1) is 0 Å². The van der Waals surface area contributed by atoms with Gasteiger partial charge < -0.3 is 20.1 Å². The van der Waals surface area contributed by atoms with Crippen molar-refractivity contribution in [3.63, 3.8) is 0 Å². The van der Waals surface area contributed by atoms with Crippen LogP contribution < -0.4 is 20.1 Å². The van der Waals surface area contributed by atoms with E-state index in [2.05, 4.69) is 17.6 Å². The van der Waals surface area contributed by atoms with Crippen LogP contribution in [-0.2, 0) is 16.1 Å². The molecular weight excluding hydrogens is 332 g/mol. The number of hydrogen-bond acceptors (Lipinski definition) is 4. The summed E-state index contributed by atoms with van der Waals surface area (Å²) in [5.74, 6) is 1.23. The zero-order chi connectivity index (χ0) is 18.8. The van der Waals surface area contributed by atoms with Gasteiger partial charge in [0.25, 0.3) is 0 Å². The highest BCUT2D eigenvalue weighted by molar-refractivity contribution is 5.83. The minimum Gasteiger partial charge on any atom is -0.454 e. The lowest BCUT2D eigenvalue weighted by molar-refractivity contribution is -0.126. The molecule has 1 aromatic rings. The molecule has 1 unspecified atom stereocenters. The summed E-state index contributed by atoms with van der Waals surface area (Å²) in [5, 5.41) is 5.80. The molecule has 6 nitrogen and oxygen atoms in total. The summed E-state index contributed by atoms with van der Waals surface area (Å²) in [5.41, 5.74) is 0.938. The van der Waals surface area contributed by atoms with Crippen molar-refractivity contribution in [2.24, 2.45) is 0 Å². The van der Waals surface area contributed by atoms with E-state index in [0.717, 1.165) is 24.2 Å². The van der Waals surface area contributed by atoms with Crippen LogP contribution in [0.25, 0.3) is 0 Å². The first-order valence-corrected chi connectivity index (χ1v) is 9.53. The largest absolute Gasteiger partial charge is 0.454 e. The summed E-state index contributed by atoms with van der Waals surface area (Å²) in [7, 11) is 0. The van der Waals surface area contributed by atoms with Crippen LogP contribution in [-0.4, -0.2) is 24.6 Å². The molecule has 0 radical (unpaired) electrons. The Morgan fingerprint density at radius 2 is 1.85 bits per heavy atom. The van der Waals surface area contributed by atoms with E-state index in [1.165, 1.54) is 19.3 Å². The number of nitrogens with one attached hydrogen (secondary N) is 2. The molecule has 144 valence electrons. The molecule has 1 aromatic carbocycles. The second-order valence-corrected chi connectivity index (χ2v) is 6.78. The predicted molar refractivity (Wildman–Crippen MR) is 100 cm³/mol. The Balaban J connectivity index is 1.60. The Bertz CT molecular complexity index is 603. The average Bonchev–Trinajstić information content (AvgIpc) is 3.09. The van der Waals surface area contributed by atoms with Crippen LogP contribution in [0.5, 0.6) is 11.5 Å². The summed E-state index contributed by atoms with van der Waals surface area (Å²) < 4.78 is 10.6. The van der Waals surface area contributed by atoms with Gasteiger partial charge in [-0.25, -0.2) is 0 Å². The van der Waals surface area contributed by atoms with E-state index in [4.69, 9.17) is 9.47 Å². The van der Waals surface area contributed by atoms with Crippen LogP contribution in [0.3, 0.4) is 0 Å². The highest BCUT2D eigenvalue weighted by Gasteiger charge is 2.14. The molecule has 1 heterocycles. The quantitative estimate of drug-likeness (QED) is 0.592. The first-order chi connectivity index (χ1) is 12.6. The molecule has 0 bridgehead atoms. The van der Waals surface area contributed by atoms with Gasteiger partial charge in [0.1, 0.15) is 0 Å². The smallest absolute Gasteiger partial charge is 0.231 e. The van der Waals surface area contributed by atoms with Crippen molar-refractivity contribution in [1.82, 2.24) is 10.6 Å². The normalized spacial score (nSPS) is 13.3. The zero-order valence-electron chi connectivity index (χ0n) is 15.8. The lowest BCUT2D eigenvalue weighted by atomic mass is 10.1. The molecule has 0 fully saturated rings. The number of carbonyl (C=O) groups is 2. The second kappa shape index (κ2) is 10.7. The lowest BCUT2D eigenvalue weighted by Gasteiger charge is -2.13. The Morgan fingerprint density at radius 3 is 2.65 bits per heavy atom. The van der Waals surface area contributed by atoms with E-state index >= 15 is 0 Å². The zero-order valence-corrected chi connectivity index (χ0v) is 15.8. The molecule has 1 aliphatic rings. The van der Waals surface area contributed by atoms with Crippen LogP contribution in [0.4, 0.5) is 0 Å². The van der Waals surface area contributed by atoms with Gasteiger partial charge in [-0.15, -0.1) is 0 Å². The van der Waals surface area contributed by atoms with Crippen LogP contribution in [0.15, 0.2) is 18.2 Å². The summed E-state index contributed by atoms with van der Waals surface area (Å²) in [6.07, 6.45) is 6.18. The third kappa shape index (κ3) is 6.94. The monoisotopic (exact) mass is 362 g/mol. The summed E-state index contributed by atoms with van der Waals surface area (Å²) >= 11 is 0. The molecule has 0 saturated heterocycles. The molecule has 0 aliphatic carbocycles. The van der Waals surface area contributed by atoms with Crippen LogP contribution in [0.1, 0.15) is 64.4 Å². The van der Waals surface area contributed by atoms with Gasteiger partial charge in [-0.2, -0.15) is 0 Å². The maximum absolute atomic E-state index is 11.9. The first-order valence-electron chi connectivity index (χ1n) is 9.53. The van der Waals surface area contributed by atoms with E-state index in [-0.39, 0.29) is 37.5 Å². The highest BCUT2D eigenvalue weighted by atomic mass is 16.7. The fourth-order valence-corrected chi connectivity index (χ4v) is 2.86. The number of ether oxygens (including phenoxy) is 2. The minimum absolute atomic E-state index is 0.0637. The van der Waals surface area contributed by atoms with Gasteiger partial charge in [0, 0.05) is 25.4 Å². The molecule has 2 rings (SSSR count). The van der Waals surface area contributed by atoms with E-state index in [1.807, 2.05) is 25.1 Å². The lowest BCUT2D eigenvalue weighted by Crippen LogP contribution is -2.33. The predicted octanol–water partition coefficient (Wildman–Crippen LogP) is 3.29. The summed E-state index contributed by atoms with van der Waals surface area (Å²) in [6.45, 7) is 4.84. The van der Waals surface area contributed by atoms with Crippen molar-refractivity contribution in [3.05, 3.63) is 23.8 Å². The number of amides is 2. The number of unbranched alkanes of at least 4 members (excludes halogenated alkanes) is 3. The second-order valence-electron chi connectivity index (χ2n) is 6.78. The molecular formula is C20H30N2O4. The van der Waals surface area contributed by atoms with Gasteiger partial charge in [0.15, 0.2) is 11.5 Å². The van der Waals surface area contributed by atoms with E-state index < -0.39 is 0 Å². The minimum atomic E-state index is -0.131. The molecule has 1 aliphatic heterocycles. The van der Waals surface area contributed by atoms with Crippen molar-refractivity contribution in [3.8, 4) is 11.5 Å². The summed E-state index contributed by atoms with van der Waals surface area (Å²) in [4.78, 5) is 23.9. The Labute approximate surface area is 155 Å². The molecule has 0 aromatic heterocycles. The van der Waals surface area contributed by atoms with Gasteiger partial charge in [-0.1, -0.05) is 38.7 Å². The van der Waals surface area contributed by atoms with Gasteiger partial charge in [-0.3, -0.25) is 9.59 Å². The van der Waals surface area contributed by atoms with Crippen LogP contribution >= 0.6 is 0 Å². The highest BCUT2D eigenvalue weighted by Crippen LogP contribution is 2.32. The average molecular weight is 362 g/mol. The molecule has 1 atom stereocenters. The van der Waals surface area contributed by atoms with Gasteiger partial charge in [0.2, 0.25) is 18.6 Å². The maximum Gasteiger partial charge on any atom is 0.231 e. The topological polar surface area (TPSA) is 76.7 Å². The Morgan fingerprint density at radius 1 is 1.08 bits per heavy atom. The van der Waals surface area contributed by atoms with Gasteiger partial charge in [-0.05, 0) is 31.0 Å². The van der Waals surface area contributed by atoms with Gasteiger partial charge >= 0.3 is 0 Å².